The Labute approximate surface area is 78.0 Å². The second-order valence-corrected chi connectivity index (χ2v) is 3.03. The number of ketones is 1. The van der Waals surface area contributed by atoms with Gasteiger partial charge in [0.1, 0.15) is 0 Å². The zero-order valence-electron chi connectivity index (χ0n) is 7.10. The third kappa shape index (κ3) is 3.53. The molecule has 0 fully saturated rings. The first kappa shape index (κ1) is 10.2. The molecule has 13 heavy (non-hydrogen) atoms. The summed E-state index contributed by atoms with van der Waals surface area (Å²) < 4.78 is 14.6. The molecule has 0 aromatic heterocycles. The van der Waals surface area contributed by atoms with Crippen LogP contribution >= 0.6 is 8.69 Å². The van der Waals surface area contributed by atoms with Gasteiger partial charge in [-0.25, -0.2) is 0 Å². The molecule has 70 valence electrons. The first-order chi connectivity index (χ1) is 6.34. The van der Waals surface area contributed by atoms with E-state index in [-0.39, 0.29) is 12.4 Å². The summed E-state index contributed by atoms with van der Waals surface area (Å²) in [7, 11) is -1.20. The maximum Gasteiger partial charge on any atom is 0.179 e. The van der Waals surface area contributed by atoms with Gasteiger partial charge in [0.2, 0.25) is 0 Å². The van der Waals surface area contributed by atoms with Crippen molar-refractivity contribution in [3.63, 3.8) is 0 Å². The highest BCUT2D eigenvalue weighted by atomic mass is 31.1. The Morgan fingerprint density at radius 3 is 2.62 bits per heavy atom. The predicted molar refractivity (Wildman–Crippen MR) is 51.7 cm³/mol. The van der Waals surface area contributed by atoms with E-state index in [0.717, 1.165) is 0 Å². The molecule has 4 heteroatoms. The highest BCUT2D eigenvalue weighted by molar-refractivity contribution is 7.17. The number of benzene rings is 1. The lowest BCUT2D eigenvalue weighted by Gasteiger charge is -1.98. The summed E-state index contributed by atoms with van der Waals surface area (Å²) in [4.78, 5) is 11.3. The third-order valence-corrected chi connectivity index (χ3v) is 1.98. The fourth-order valence-electron chi connectivity index (χ4n) is 0.968. The molecular weight excluding hydrogens is 187 g/mol. The fraction of sp³-hybridized carbons (Fsp3) is 0.222. The van der Waals surface area contributed by atoms with Crippen LogP contribution < -0.4 is 0 Å². The van der Waals surface area contributed by atoms with Gasteiger partial charge in [-0.1, -0.05) is 30.3 Å². The van der Waals surface area contributed by atoms with Crippen LogP contribution in [0.5, 0.6) is 0 Å². The highest BCUT2D eigenvalue weighted by Crippen LogP contribution is 2.04. The van der Waals surface area contributed by atoms with Gasteiger partial charge in [0.15, 0.2) is 14.5 Å². The quantitative estimate of drug-likeness (QED) is 0.412. The van der Waals surface area contributed by atoms with Crippen molar-refractivity contribution in [1.29, 1.82) is 0 Å². The predicted octanol–water partition coefficient (Wildman–Crippen LogP) is 1.95. The molecule has 1 aromatic carbocycles. The molecule has 0 saturated heterocycles. The standard InChI is InChI=1S/C9H11O3P/c10-9(6-7-12-13-11)8-4-2-1-3-5-8/h1-5H,6-7,13H2. The van der Waals surface area contributed by atoms with E-state index in [9.17, 15) is 9.36 Å². The molecule has 0 aliphatic rings. The third-order valence-electron chi connectivity index (χ3n) is 1.61. The maximum absolute atomic E-state index is 11.3. The average Bonchev–Trinajstić information content (AvgIpc) is 2.19. The van der Waals surface area contributed by atoms with E-state index < -0.39 is 8.69 Å². The lowest BCUT2D eigenvalue weighted by molar-refractivity contribution is 0.0965. The monoisotopic (exact) mass is 198 g/mol. The van der Waals surface area contributed by atoms with Crippen LogP contribution in [-0.2, 0) is 9.09 Å². The van der Waals surface area contributed by atoms with Gasteiger partial charge < -0.3 is 4.52 Å². The van der Waals surface area contributed by atoms with Crippen molar-refractivity contribution in [2.45, 2.75) is 6.42 Å². The Balaban J connectivity index is 2.45. The van der Waals surface area contributed by atoms with Gasteiger partial charge >= 0.3 is 0 Å². The van der Waals surface area contributed by atoms with Crippen LogP contribution in [0.1, 0.15) is 16.8 Å². The van der Waals surface area contributed by atoms with Gasteiger partial charge in [0.25, 0.3) is 0 Å². The van der Waals surface area contributed by atoms with Crippen molar-refractivity contribution < 1.29 is 13.9 Å². The second kappa shape index (κ2) is 5.68. The van der Waals surface area contributed by atoms with E-state index in [2.05, 4.69) is 4.52 Å². The minimum Gasteiger partial charge on any atom is -0.332 e. The molecule has 0 heterocycles. The largest absolute Gasteiger partial charge is 0.332 e. The Bertz CT molecular complexity index is 284. The van der Waals surface area contributed by atoms with E-state index >= 15 is 0 Å². The molecule has 0 aliphatic heterocycles. The van der Waals surface area contributed by atoms with Crippen LogP contribution in [0.25, 0.3) is 0 Å². The summed E-state index contributed by atoms with van der Waals surface area (Å²) in [6.45, 7) is 0.243. The van der Waals surface area contributed by atoms with Crippen LogP contribution in [0.4, 0.5) is 0 Å². The second-order valence-electron chi connectivity index (χ2n) is 2.51. The molecule has 0 saturated carbocycles. The number of Topliss-reactive ketones (excluding diaryl/α,β-unsaturated/α-hetero) is 1. The Kier molecular flexibility index (Phi) is 4.44. The zero-order valence-corrected chi connectivity index (χ0v) is 8.26. The van der Waals surface area contributed by atoms with Crippen molar-refractivity contribution in [1.82, 2.24) is 0 Å². The summed E-state index contributed by atoms with van der Waals surface area (Å²) in [5.74, 6) is 0.0217. The number of carbonyl (C=O) groups excluding carboxylic acids is 1. The molecule has 0 amide bonds. The molecule has 1 rings (SSSR count). The van der Waals surface area contributed by atoms with Gasteiger partial charge in [-0.15, -0.1) is 0 Å². The van der Waals surface area contributed by atoms with Crippen molar-refractivity contribution in [3.05, 3.63) is 35.9 Å². The van der Waals surface area contributed by atoms with Crippen LogP contribution in [0.2, 0.25) is 0 Å². The average molecular weight is 198 g/mol. The lowest BCUT2D eigenvalue weighted by Crippen LogP contribution is -2.01. The summed E-state index contributed by atoms with van der Waals surface area (Å²) >= 11 is 0. The van der Waals surface area contributed by atoms with Crippen molar-refractivity contribution in [2.75, 3.05) is 6.61 Å². The van der Waals surface area contributed by atoms with E-state index in [1.54, 1.807) is 12.1 Å². The van der Waals surface area contributed by atoms with Crippen molar-refractivity contribution in [3.8, 4) is 0 Å². The Morgan fingerprint density at radius 1 is 1.31 bits per heavy atom. The summed E-state index contributed by atoms with van der Waals surface area (Å²) in [6.07, 6.45) is 0.291. The molecule has 0 aliphatic carbocycles. The minimum atomic E-state index is -1.20. The van der Waals surface area contributed by atoms with Crippen LogP contribution in [0.3, 0.4) is 0 Å². The van der Waals surface area contributed by atoms with Crippen molar-refractivity contribution >= 4 is 14.5 Å². The zero-order chi connectivity index (χ0) is 9.52. The lowest BCUT2D eigenvalue weighted by atomic mass is 10.1. The Morgan fingerprint density at radius 2 is 2.00 bits per heavy atom. The number of hydrogen-bond acceptors (Lipinski definition) is 3. The first-order valence-corrected chi connectivity index (χ1v) is 4.92. The molecule has 0 bridgehead atoms. The van der Waals surface area contributed by atoms with Gasteiger partial charge in [0, 0.05) is 12.0 Å². The molecule has 0 N–H and O–H groups in total. The molecule has 0 radical (unpaired) electrons. The van der Waals surface area contributed by atoms with Crippen LogP contribution in [0, 0.1) is 0 Å². The normalized spacial score (nSPS) is 10.8. The number of carbonyl (C=O) groups is 1. The molecular formula is C9H11O3P. The van der Waals surface area contributed by atoms with Gasteiger partial charge in [-0.2, -0.15) is 0 Å². The first-order valence-electron chi connectivity index (χ1n) is 3.98. The van der Waals surface area contributed by atoms with Crippen LogP contribution in [0.15, 0.2) is 30.3 Å². The highest BCUT2D eigenvalue weighted by Gasteiger charge is 2.03. The molecule has 1 atom stereocenters. The maximum atomic E-state index is 11.3. The SMILES string of the molecule is O=[PH2]OCCC(=O)c1ccccc1. The van der Waals surface area contributed by atoms with Crippen molar-refractivity contribution in [2.24, 2.45) is 0 Å². The topological polar surface area (TPSA) is 43.4 Å². The van der Waals surface area contributed by atoms with Gasteiger partial charge in [-0.3, -0.25) is 9.36 Å². The minimum absolute atomic E-state index is 0.0217. The van der Waals surface area contributed by atoms with E-state index in [1.165, 1.54) is 0 Å². The number of hydrogen-bond donors (Lipinski definition) is 0. The summed E-state index contributed by atoms with van der Waals surface area (Å²) in [5.41, 5.74) is 0.673. The smallest absolute Gasteiger partial charge is 0.179 e. The van der Waals surface area contributed by atoms with E-state index in [1.807, 2.05) is 18.2 Å². The van der Waals surface area contributed by atoms with E-state index in [4.69, 9.17) is 0 Å². The molecule has 1 unspecified atom stereocenters. The summed E-state index contributed by atoms with van der Waals surface area (Å²) in [6, 6.07) is 8.99. The fourth-order valence-corrected chi connectivity index (χ4v) is 1.18. The molecule has 3 nitrogen and oxygen atoms in total. The van der Waals surface area contributed by atoms with E-state index in [0.29, 0.717) is 12.0 Å². The van der Waals surface area contributed by atoms with Gasteiger partial charge in [-0.05, 0) is 0 Å². The number of rotatable bonds is 5. The molecule has 1 aromatic rings. The Hall–Kier alpha value is -0.920. The summed E-state index contributed by atoms with van der Waals surface area (Å²) in [5, 5.41) is 0. The van der Waals surface area contributed by atoms with Gasteiger partial charge in [0.05, 0.1) is 6.61 Å². The van der Waals surface area contributed by atoms with Crippen LogP contribution in [-0.4, -0.2) is 12.4 Å². The molecule has 0 spiro atoms.